The summed E-state index contributed by atoms with van der Waals surface area (Å²) >= 11 is 6.13. The van der Waals surface area contributed by atoms with Gasteiger partial charge in [0, 0.05) is 10.6 Å². The molecule has 6 nitrogen and oxygen atoms in total. The number of hydrogen-bond acceptors (Lipinski definition) is 4. The summed E-state index contributed by atoms with van der Waals surface area (Å²) in [5.74, 6) is -1.10. The second-order valence-electron chi connectivity index (χ2n) is 6.75. The van der Waals surface area contributed by atoms with E-state index in [1.807, 2.05) is 0 Å². The topological polar surface area (TPSA) is 81.4 Å². The van der Waals surface area contributed by atoms with Crippen molar-refractivity contribution in [2.24, 2.45) is 0 Å². The first-order chi connectivity index (χ1) is 14.9. The Morgan fingerprint density at radius 3 is 2.74 bits per heavy atom. The first-order valence-electron chi connectivity index (χ1n) is 9.34. The van der Waals surface area contributed by atoms with Crippen molar-refractivity contribution < 1.29 is 19.0 Å². The number of carbonyl (C=O) groups is 1. The zero-order valence-electron chi connectivity index (χ0n) is 16.1. The van der Waals surface area contributed by atoms with Gasteiger partial charge in [-0.05, 0) is 48.0 Å². The molecular weight excluding hydrogens is 423 g/mol. The van der Waals surface area contributed by atoms with Gasteiger partial charge < -0.3 is 9.84 Å². The molecular formula is C23H16ClFN2O4. The zero-order valence-corrected chi connectivity index (χ0v) is 16.8. The quantitative estimate of drug-likeness (QED) is 0.474. The Kier molecular flexibility index (Phi) is 5.68. The number of hydrogen-bond donors (Lipinski definition) is 1. The molecule has 0 spiro atoms. The molecule has 0 aliphatic rings. The number of para-hydroxylation sites is 1. The van der Waals surface area contributed by atoms with E-state index in [0.29, 0.717) is 21.9 Å². The Labute approximate surface area is 181 Å². The third-order valence-electron chi connectivity index (χ3n) is 4.76. The van der Waals surface area contributed by atoms with Gasteiger partial charge in [0.25, 0.3) is 5.56 Å². The van der Waals surface area contributed by atoms with E-state index in [2.05, 4.69) is 4.98 Å². The number of fused-ring (bicyclic) bond motifs is 1. The van der Waals surface area contributed by atoms with Gasteiger partial charge in [-0.2, -0.15) is 0 Å². The van der Waals surface area contributed by atoms with E-state index >= 15 is 0 Å². The Morgan fingerprint density at radius 2 is 1.94 bits per heavy atom. The van der Waals surface area contributed by atoms with Crippen LogP contribution in [0.1, 0.15) is 10.4 Å². The molecule has 0 bridgehead atoms. The second-order valence-corrected chi connectivity index (χ2v) is 7.19. The minimum atomic E-state index is -1.04. The summed E-state index contributed by atoms with van der Waals surface area (Å²) in [6.07, 6.45) is 1.29. The fourth-order valence-electron chi connectivity index (χ4n) is 3.24. The fourth-order valence-corrected chi connectivity index (χ4v) is 3.41. The lowest BCUT2D eigenvalue weighted by Crippen LogP contribution is -2.23. The molecule has 1 aromatic heterocycles. The third kappa shape index (κ3) is 4.27. The first-order valence-corrected chi connectivity index (χ1v) is 9.71. The van der Waals surface area contributed by atoms with Crippen LogP contribution in [0.5, 0.6) is 5.75 Å². The number of rotatable bonds is 6. The lowest BCUT2D eigenvalue weighted by atomic mass is 10.0. The summed E-state index contributed by atoms with van der Waals surface area (Å²) in [6, 6.07) is 15.7. The molecule has 0 amide bonds. The van der Waals surface area contributed by atoms with Crippen molar-refractivity contribution in [1.29, 1.82) is 0 Å². The van der Waals surface area contributed by atoms with Crippen LogP contribution in [0.3, 0.4) is 0 Å². The predicted molar refractivity (Wildman–Crippen MR) is 115 cm³/mol. The SMILES string of the molecule is O=C(O)c1cccc(-c2cc(Cl)ccc2OCCn2cnc3c(F)cccc3c2=O)c1. The maximum absolute atomic E-state index is 13.8. The van der Waals surface area contributed by atoms with Gasteiger partial charge in [0.1, 0.15) is 23.7 Å². The standard InChI is InChI=1S/C23H16ClFN2O4/c24-16-7-8-20(18(12-16)14-3-1-4-15(11-14)23(29)30)31-10-9-27-13-26-21-17(22(27)28)5-2-6-19(21)25/h1-8,11-13H,9-10H2,(H,29,30). The first kappa shape index (κ1) is 20.6. The summed E-state index contributed by atoms with van der Waals surface area (Å²) in [7, 11) is 0. The van der Waals surface area contributed by atoms with Crippen LogP contribution in [0.2, 0.25) is 5.02 Å². The van der Waals surface area contributed by atoms with E-state index in [4.69, 9.17) is 16.3 Å². The van der Waals surface area contributed by atoms with E-state index in [-0.39, 0.29) is 35.2 Å². The van der Waals surface area contributed by atoms with Gasteiger partial charge in [-0.1, -0.05) is 29.8 Å². The summed E-state index contributed by atoms with van der Waals surface area (Å²) in [5, 5.41) is 9.91. The van der Waals surface area contributed by atoms with E-state index in [1.165, 1.54) is 41.2 Å². The van der Waals surface area contributed by atoms with E-state index in [9.17, 15) is 19.1 Å². The number of ether oxygens (including phenoxy) is 1. The lowest BCUT2D eigenvalue weighted by Gasteiger charge is -2.13. The normalized spacial score (nSPS) is 10.9. The average molecular weight is 439 g/mol. The highest BCUT2D eigenvalue weighted by atomic mass is 35.5. The van der Waals surface area contributed by atoms with Crippen LogP contribution in [0.15, 0.2) is 71.8 Å². The van der Waals surface area contributed by atoms with Crippen molar-refractivity contribution in [3.05, 3.63) is 93.7 Å². The Balaban J connectivity index is 1.58. The summed E-state index contributed by atoms with van der Waals surface area (Å²) in [4.78, 5) is 27.9. The van der Waals surface area contributed by atoms with Crippen LogP contribution in [0.25, 0.3) is 22.0 Å². The van der Waals surface area contributed by atoms with Crippen LogP contribution in [-0.4, -0.2) is 27.2 Å². The molecule has 8 heteroatoms. The highest BCUT2D eigenvalue weighted by Crippen LogP contribution is 2.33. The van der Waals surface area contributed by atoms with Gasteiger partial charge in [0.15, 0.2) is 0 Å². The number of aromatic carboxylic acids is 1. The maximum atomic E-state index is 13.8. The monoisotopic (exact) mass is 438 g/mol. The molecule has 3 aromatic carbocycles. The third-order valence-corrected chi connectivity index (χ3v) is 4.99. The van der Waals surface area contributed by atoms with E-state index in [1.54, 1.807) is 30.3 Å². The van der Waals surface area contributed by atoms with E-state index < -0.39 is 11.8 Å². The summed E-state index contributed by atoms with van der Waals surface area (Å²) in [6.45, 7) is 0.325. The van der Waals surface area contributed by atoms with Gasteiger partial charge in [-0.3, -0.25) is 9.36 Å². The number of carboxylic acids is 1. The largest absolute Gasteiger partial charge is 0.491 e. The van der Waals surface area contributed by atoms with Crippen molar-refractivity contribution in [1.82, 2.24) is 9.55 Å². The van der Waals surface area contributed by atoms with Gasteiger partial charge >= 0.3 is 5.97 Å². The van der Waals surface area contributed by atoms with Crippen molar-refractivity contribution >= 4 is 28.5 Å². The Bertz CT molecular complexity index is 1350. The predicted octanol–water partition coefficient (Wildman–Crippen LogP) is 4.63. The molecule has 1 N–H and O–H groups in total. The number of carboxylic acid groups (broad SMARTS) is 1. The molecule has 156 valence electrons. The van der Waals surface area contributed by atoms with Crippen molar-refractivity contribution in [2.75, 3.05) is 6.61 Å². The molecule has 0 fully saturated rings. The lowest BCUT2D eigenvalue weighted by molar-refractivity contribution is 0.0697. The van der Waals surface area contributed by atoms with E-state index in [0.717, 1.165) is 0 Å². The molecule has 0 atom stereocenters. The zero-order chi connectivity index (χ0) is 22.0. The summed E-state index contributed by atoms with van der Waals surface area (Å²) in [5.41, 5.74) is 1.07. The highest BCUT2D eigenvalue weighted by Gasteiger charge is 2.12. The second kappa shape index (κ2) is 8.57. The van der Waals surface area contributed by atoms with Gasteiger partial charge in [-0.25, -0.2) is 14.2 Å². The van der Waals surface area contributed by atoms with Crippen LogP contribution in [0.4, 0.5) is 4.39 Å². The maximum Gasteiger partial charge on any atom is 0.335 e. The fraction of sp³-hybridized carbons (Fsp3) is 0.0870. The average Bonchev–Trinajstić information content (AvgIpc) is 2.77. The Morgan fingerprint density at radius 1 is 1.13 bits per heavy atom. The van der Waals surface area contributed by atoms with Crippen LogP contribution in [0, 0.1) is 5.82 Å². The number of halogens is 2. The highest BCUT2D eigenvalue weighted by molar-refractivity contribution is 6.31. The van der Waals surface area contributed by atoms with Gasteiger partial charge in [-0.15, -0.1) is 0 Å². The minimum absolute atomic E-state index is 0.0305. The molecule has 0 saturated heterocycles. The van der Waals surface area contributed by atoms with Crippen molar-refractivity contribution in [2.45, 2.75) is 6.54 Å². The van der Waals surface area contributed by atoms with Crippen molar-refractivity contribution in [3.63, 3.8) is 0 Å². The molecule has 1 heterocycles. The molecule has 0 saturated carbocycles. The molecule has 0 radical (unpaired) electrons. The number of benzene rings is 3. The molecule has 31 heavy (non-hydrogen) atoms. The Hall–Kier alpha value is -3.71. The number of aromatic nitrogens is 2. The van der Waals surface area contributed by atoms with Gasteiger partial charge in [0.05, 0.1) is 23.8 Å². The van der Waals surface area contributed by atoms with Crippen LogP contribution >= 0.6 is 11.6 Å². The molecule has 4 rings (SSSR count). The van der Waals surface area contributed by atoms with Gasteiger partial charge in [0.2, 0.25) is 0 Å². The van der Waals surface area contributed by atoms with Crippen LogP contribution in [-0.2, 0) is 6.54 Å². The molecule has 0 aliphatic heterocycles. The van der Waals surface area contributed by atoms with Crippen LogP contribution < -0.4 is 10.3 Å². The van der Waals surface area contributed by atoms with Crippen molar-refractivity contribution in [3.8, 4) is 16.9 Å². The molecule has 0 aliphatic carbocycles. The minimum Gasteiger partial charge on any atom is -0.491 e. The number of nitrogens with zero attached hydrogens (tertiary/aromatic N) is 2. The summed E-state index contributed by atoms with van der Waals surface area (Å²) < 4.78 is 21.0. The molecule has 4 aromatic rings. The molecule has 0 unspecified atom stereocenters. The smallest absolute Gasteiger partial charge is 0.335 e.